The fourth-order valence-corrected chi connectivity index (χ4v) is 4.35. The van der Waals surface area contributed by atoms with E-state index in [9.17, 15) is 9.59 Å². The Labute approximate surface area is 211 Å². The minimum atomic E-state index is -0.726. The minimum absolute atomic E-state index is 0.0249. The lowest BCUT2D eigenvalue weighted by Gasteiger charge is -2.41. The lowest BCUT2D eigenvalue weighted by atomic mass is 10.1. The van der Waals surface area contributed by atoms with E-state index in [2.05, 4.69) is 4.90 Å². The van der Waals surface area contributed by atoms with Crippen molar-refractivity contribution in [1.29, 1.82) is 0 Å². The average molecular weight is 490 g/mol. The first-order valence-corrected chi connectivity index (χ1v) is 11.9. The van der Waals surface area contributed by atoms with Crippen molar-refractivity contribution in [3.63, 3.8) is 0 Å². The number of ether oxygens (including phenoxy) is 3. The maximum atomic E-state index is 13.3. The van der Waals surface area contributed by atoms with Gasteiger partial charge in [-0.3, -0.25) is 4.79 Å². The molecule has 3 aromatic rings. The lowest BCUT2D eigenvalue weighted by molar-refractivity contribution is -0.140. The molecule has 8 nitrogen and oxygen atoms in total. The molecule has 188 valence electrons. The van der Waals surface area contributed by atoms with E-state index in [1.807, 2.05) is 60.4 Å². The minimum Gasteiger partial charge on any atom is -0.493 e. The molecule has 8 heteroatoms. The van der Waals surface area contributed by atoms with Crippen LogP contribution < -0.4 is 14.4 Å². The number of nitrogens with zero attached hydrogens (tertiary/aromatic N) is 3. The van der Waals surface area contributed by atoms with Crippen LogP contribution in [0.25, 0.3) is 11.3 Å². The van der Waals surface area contributed by atoms with Crippen molar-refractivity contribution in [1.82, 2.24) is 9.88 Å². The Balaban J connectivity index is 1.41. The standard InChI is InChI=1S/C28H31N3O5/c1-19-18-30(26-12-8-11-23(29-26)21-9-6-5-7-10-21)15-16-31(19)27(32)20(2)36-24-14-13-22(28(33)35-4)17-25(24)34-3/h5-14,17,19-20H,15-16,18H2,1-4H3/t19-,20+/m1/s1. The number of aromatic nitrogens is 1. The van der Waals surface area contributed by atoms with Crippen molar-refractivity contribution >= 4 is 17.7 Å². The number of carbonyl (C=O) groups is 2. The Morgan fingerprint density at radius 2 is 1.75 bits per heavy atom. The molecule has 0 bridgehead atoms. The SMILES string of the molecule is COC(=O)c1ccc(O[C@@H](C)C(=O)N2CCN(c3cccc(-c4ccccc4)n3)C[C@H]2C)c(OC)c1. The molecule has 1 amide bonds. The van der Waals surface area contributed by atoms with Crippen LogP contribution in [0, 0.1) is 0 Å². The average Bonchev–Trinajstić information content (AvgIpc) is 2.92. The van der Waals surface area contributed by atoms with E-state index in [4.69, 9.17) is 19.2 Å². The van der Waals surface area contributed by atoms with Gasteiger partial charge in [0.1, 0.15) is 5.82 Å². The van der Waals surface area contributed by atoms with Gasteiger partial charge in [-0.05, 0) is 44.2 Å². The molecule has 0 radical (unpaired) electrons. The molecule has 1 saturated heterocycles. The second-order valence-electron chi connectivity index (χ2n) is 8.69. The Morgan fingerprint density at radius 3 is 2.44 bits per heavy atom. The molecule has 0 saturated carbocycles. The van der Waals surface area contributed by atoms with E-state index in [1.165, 1.54) is 20.3 Å². The summed E-state index contributed by atoms with van der Waals surface area (Å²) in [6, 6.07) is 20.8. The molecule has 0 N–H and O–H groups in total. The number of methoxy groups -OCH3 is 2. The van der Waals surface area contributed by atoms with Crippen molar-refractivity contribution in [2.24, 2.45) is 0 Å². The normalized spacial score (nSPS) is 16.3. The van der Waals surface area contributed by atoms with Gasteiger partial charge in [0, 0.05) is 31.2 Å². The van der Waals surface area contributed by atoms with E-state index in [0.29, 0.717) is 36.7 Å². The van der Waals surface area contributed by atoms with Gasteiger partial charge in [0.25, 0.3) is 5.91 Å². The quantitative estimate of drug-likeness (QED) is 0.463. The summed E-state index contributed by atoms with van der Waals surface area (Å²) in [7, 11) is 2.80. The summed E-state index contributed by atoms with van der Waals surface area (Å²) in [5.74, 6) is 1.07. The molecule has 1 aliphatic heterocycles. The van der Waals surface area contributed by atoms with Gasteiger partial charge >= 0.3 is 5.97 Å². The molecule has 2 heterocycles. The second kappa shape index (κ2) is 11.1. The second-order valence-corrected chi connectivity index (χ2v) is 8.69. The van der Waals surface area contributed by atoms with E-state index >= 15 is 0 Å². The van der Waals surface area contributed by atoms with E-state index in [-0.39, 0.29) is 11.9 Å². The molecule has 4 rings (SSSR count). The molecule has 36 heavy (non-hydrogen) atoms. The monoisotopic (exact) mass is 489 g/mol. The summed E-state index contributed by atoms with van der Waals surface area (Å²) in [5, 5.41) is 0. The van der Waals surface area contributed by atoms with Crippen LogP contribution in [0.5, 0.6) is 11.5 Å². The topological polar surface area (TPSA) is 81.2 Å². The van der Waals surface area contributed by atoms with Gasteiger partial charge in [0.05, 0.1) is 25.5 Å². The number of piperazine rings is 1. The first-order valence-electron chi connectivity index (χ1n) is 11.9. The Kier molecular flexibility index (Phi) is 7.73. The van der Waals surface area contributed by atoms with Crippen LogP contribution in [0.15, 0.2) is 66.7 Å². The van der Waals surface area contributed by atoms with Gasteiger partial charge in [-0.15, -0.1) is 0 Å². The molecule has 2 aromatic carbocycles. The van der Waals surface area contributed by atoms with Gasteiger partial charge in [-0.2, -0.15) is 0 Å². The fraction of sp³-hybridized carbons (Fsp3) is 0.321. The highest BCUT2D eigenvalue weighted by atomic mass is 16.5. The van der Waals surface area contributed by atoms with Gasteiger partial charge in [-0.1, -0.05) is 36.4 Å². The highest BCUT2D eigenvalue weighted by molar-refractivity contribution is 5.90. The maximum Gasteiger partial charge on any atom is 0.337 e. The van der Waals surface area contributed by atoms with Crippen LogP contribution >= 0.6 is 0 Å². The number of hydrogen-bond donors (Lipinski definition) is 0. The molecular formula is C28H31N3O5. The lowest BCUT2D eigenvalue weighted by Crippen LogP contribution is -2.56. The van der Waals surface area contributed by atoms with E-state index in [1.54, 1.807) is 19.1 Å². The number of pyridine rings is 1. The van der Waals surface area contributed by atoms with Crippen LogP contribution in [-0.2, 0) is 9.53 Å². The molecule has 0 aliphatic carbocycles. The van der Waals surface area contributed by atoms with Crippen LogP contribution in [0.3, 0.4) is 0 Å². The van der Waals surface area contributed by atoms with Crippen molar-refractivity contribution in [3.8, 4) is 22.8 Å². The molecule has 2 atom stereocenters. The summed E-state index contributed by atoms with van der Waals surface area (Å²) in [5.41, 5.74) is 2.34. The highest BCUT2D eigenvalue weighted by Crippen LogP contribution is 2.30. The molecule has 1 fully saturated rings. The molecular weight excluding hydrogens is 458 g/mol. The van der Waals surface area contributed by atoms with Crippen molar-refractivity contribution in [2.75, 3.05) is 38.8 Å². The zero-order valence-corrected chi connectivity index (χ0v) is 21.0. The Morgan fingerprint density at radius 1 is 0.972 bits per heavy atom. The van der Waals surface area contributed by atoms with E-state index < -0.39 is 12.1 Å². The molecule has 0 spiro atoms. The summed E-state index contributed by atoms with van der Waals surface area (Å²) in [4.78, 5) is 34.0. The molecule has 0 unspecified atom stereocenters. The number of esters is 1. The predicted molar refractivity (Wildman–Crippen MR) is 137 cm³/mol. The van der Waals surface area contributed by atoms with Gasteiger partial charge in [-0.25, -0.2) is 9.78 Å². The third-order valence-electron chi connectivity index (χ3n) is 6.27. The predicted octanol–water partition coefficient (Wildman–Crippen LogP) is 4.05. The van der Waals surface area contributed by atoms with Crippen LogP contribution in [0.4, 0.5) is 5.82 Å². The summed E-state index contributed by atoms with van der Waals surface area (Å²) < 4.78 is 16.1. The summed E-state index contributed by atoms with van der Waals surface area (Å²) in [6.07, 6.45) is -0.726. The first-order chi connectivity index (χ1) is 17.4. The summed E-state index contributed by atoms with van der Waals surface area (Å²) in [6.45, 7) is 5.65. The third kappa shape index (κ3) is 5.43. The number of amides is 1. The molecule has 1 aromatic heterocycles. The number of benzene rings is 2. The van der Waals surface area contributed by atoms with Crippen LogP contribution in [0.1, 0.15) is 24.2 Å². The number of hydrogen-bond acceptors (Lipinski definition) is 7. The highest BCUT2D eigenvalue weighted by Gasteiger charge is 2.32. The van der Waals surface area contributed by atoms with E-state index in [0.717, 1.165) is 17.1 Å². The smallest absolute Gasteiger partial charge is 0.337 e. The maximum absolute atomic E-state index is 13.3. The third-order valence-corrected chi connectivity index (χ3v) is 6.27. The van der Waals surface area contributed by atoms with Crippen molar-refractivity contribution in [3.05, 3.63) is 72.3 Å². The van der Waals surface area contributed by atoms with Gasteiger partial charge in [0.2, 0.25) is 0 Å². The zero-order chi connectivity index (χ0) is 25.7. The Bertz CT molecular complexity index is 1220. The molecule has 1 aliphatic rings. The van der Waals surface area contributed by atoms with Gasteiger partial charge in [0.15, 0.2) is 17.6 Å². The first kappa shape index (κ1) is 25.0. The van der Waals surface area contributed by atoms with Crippen LogP contribution in [0.2, 0.25) is 0 Å². The Hall–Kier alpha value is -4.07. The zero-order valence-electron chi connectivity index (χ0n) is 21.0. The number of carbonyl (C=O) groups excluding carboxylic acids is 2. The van der Waals surface area contributed by atoms with Crippen molar-refractivity contribution < 1.29 is 23.8 Å². The number of anilines is 1. The largest absolute Gasteiger partial charge is 0.493 e. The van der Waals surface area contributed by atoms with Crippen LogP contribution in [-0.4, -0.2) is 67.8 Å². The van der Waals surface area contributed by atoms with Crippen molar-refractivity contribution in [2.45, 2.75) is 26.0 Å². The van der Waals surface area contributed by atoms with Gasteiger partial charge < -0.3 is 24.0 Å². The number of rotatable bonds is 7. The fourth-order valence-electron chi connectivity index (χ4n) is 4.35. The summed E-state index contributed by atoms with van der Waals surface area (Å²) >= 11 is 0.